The Labute approximate surface area is 146 Å². The number of thiazole rings is 1. The molecule has 0 unspecified atom stereocenters. The van der Waals surface area contributed by atoms with Crippen LogP contribution in [-0.4, -0.2) is 19.7 Å². The van der Waals surface area contributed by atoms with E-state index in [2.05, 4.69) is 15.2 Å². The Kier molecular flexibility index (Phi) is 4.73. The molecule has 0 aliphatic carbocycles. The summed E-state index contributed by atoms with van der Waals surface area (Å²) < 4.78 is 1.93. The minimum atomic E-state index is 0.639. The molecule has 0 radical (unpaired) electrons. The van der Waals surface area contributed by atoms with Gasteiger partial charge in [-0.1, -0.05) is 41.0 Å². The molecule has 0 bridgehead atoms. The minimum Gasteiger partial charge on any atom is -0.304 e. The van der Waals surface area contributed by atoms with Crippen LogP contribution in [0.2, 0.25) is 10.0 Å². The average molecular weight is 371 g/mol. The van der Waals surface area contributed by atoms with Crippen molar-refractivity contribution in [3.8, 4) is 11.5 Å². The molecule has 22 heavy (non-hydrogen) atoms. The van der Waals surface area contributed by atoms with Gasteiger partial charge in [-0.2, -0.15) is 0 Å². The van der Waals surface area contributed by atoms with Crippen LogP contribution in [0.1, 0.15) is 10.6 Å². The third kappa shape index (κ3) is 3.15. The van der Waals surface area contributed by atoms with Gasteiger partial charge in [-0.3, -0.25) is 0 Å². The molecule has 0 saturated carbocycles. The maximum absolute atomic E-state index is 6.19. The van der Waals surface area contributed by atoms with E-state index in [1.807, 2.05) is 42.1 Å². The number of aryl methyl sites for hydroxylation is 1. The molecule has 2 aromatic heterocycles. The van der Waals surface area contributed by atoms with E-state index >= 15 is 0 Å². The van der Waals surface area contributed by atoms with Gasteiger partial charge >= 0.3 is 0 Å². The summed E-state index contributed by atoms with van der Waals surface area (Å²) in [5.74, 6) is 1.40. The van der Waals surface area contributed by atoms with Gasteiger partial charge in [-0.25, -0.2) is 4.98 Å². The highest BCUT2D eigenvalue weighted by Crippen LogP contribution is 2.31. The van der Waals surface area contributed by atoms with Crippen LogP contribution in [-0.2, 0) is 12.8 Å². The van der Waals surface area contributed by atoms with E-state index in [9.17, 15) is 0 Å². The van der Waals surface area contributed by atoms with Gasteiger partial charge in [0.25, 0.3) is 0 Å². The molecule has 4 nitrogen and oxygen atoms in total. The second-order valence-corrected chi connectivity index (χ2v) is 7.42. The zero-order valence-electron chi connectivity index (χ0n) is 11.9. The van der Waals surface area contributed by atoms with Crippen molar-refractivity contribution in [3.05, 3.63) is 44.2 Å². The number of halogens is 2. The number of aromatic nitrogens is 4. The predicted molar refractivity (Wildman–Crippen MR) is 92.9 cm³/mol. The van der Waals surface area contributed by atoms with Crippen molar-refractivity contribution in [1.29, 1.82) is 0 Å². The predicted octanol–water partition coefficient (Wildman–Crippen LogP) is 4.85. The number of nitrogens with zero attached hydrogens (tertiary/aromatic N) is 4. The van der Waals surface area contributed by atoms with Crippen LogP contribution in [0.15, 0.2) is 28.7 Å². The largest absolute Gasteiger partial charge is 0.304 e. The summed E-state index contributed by atoms with van der Waals surface area (Å²) in [7, 11) is 1.93. The maximum Gasteiger partial charge on any atom is 0.191 e. The molecular formula is C14H12Cl2N4S2. The molecule has 1 aromatic carbocycles. The molecule has 3 rings (SSSR count). The fourth-order valence-corrected chi connectivity index (χ4v) is 4.18. The standard InChI is InChI=1S/C14H12Cl2N4S2/c1-8-17-12(7-21-8)13-18-19-14(20(13)2)22-6-9-10(15)4-3-5-11(9)16/h3-5,7H,6H2,1-2H3. The van der Waals surface area contributed by atoms with Crippen molar-refractivity contribution in [2.75, 3.05) is 0 Å². The van der Waals surface area contributed by atoms with Crippen LogP contribution in [0.3, 0.4) is 0 Å². The van der Waals surface area contributed by atoms with Crippen LogP contribution in [0, 0.1) is 6.92 Å². The molecule has 0 fully saturated rings. The van der Waals surface area contributed by atoms with E-state index in [0.29, 0.717) is 15.8 Å². The molecule has 8 heteroatoms. The van der Waals surface area contributed by atoms with Crippen molar-refractivity contribution >= 4 is 46.3 Å². The van der Waals surface area contributed by atoms with Crippen molar-refractivity contribution in [1.82, 2.24) is 19.7 Å². The molecule has 0 atom stereocenters. The molecule has 0 saturated heterocycles. The number of rotatable bonds is 4. The van der Waals surface area contributed by atoms with Crippen molar-refractivity contribution in [3.63, 3.8) is 0 Å². The first kappa shape index (κ1) is 15.8. The monoisotopic (exact) mass is 370 g/mol. The fourth-order valence-electron chi connectivity index (χ4n) is 1.94. The van der Waals surface area contributed by atoms with Crippen molar-refractivity contribution in [2.45, 2.75) is 17.8 Å². The van der Waals surface area contributed by atoms with Gasteiger partial charge < -0.3 is 4.57 Å². The van der Waals surface area contributed by atoms with Crippen LogP contribution in [0.4, 0.5) is 0 Å². The van der Waals surface area contributed by atoms with E-state index in [-0.39, 0.29) is 0 Å². The smallest absolute Gasteiger partial charge is 0.191 e. The Balaban J connectivity index is 1.81. The lowest BCUT2D eigenvalue weighted by molar-refractivity contribution is 0.792. The van der Waals surface area contributed by atoms with E-state index in [4.69, 9.17) is 23.2 Å². The lowest BCUT2D eigenvalue weighted by Gasteiger charge is -2.06. The Morgan fingerprint density at radius 3 is 2.59 bits per heavy atom. The lowest BCUT2D eigenvalue weighted by Crippen LogP contribution is -1.95. The highest BCUT2D eigenvalue weighted by Gasteiger charge is 2.15. The first-order chi connectivity index (χ1) is 10.6. The van der Waals surface area contributed by atoms with Gasteiger partial charge in [0.2, 0.25) is 0 Å². The molecule has 0 amide bonds. The lowest BCUT2D eigenvalue weighted by atomic mass is 10.2. The molecule has 0 N–H and O–H groups in total. The van der Waals surface area contributed by atoms with Crippen LogP contribution in [0.25, 0.3) is 11.5 Å². The molecule has 114 valence electrons. The zero-order valence-corrected chi connectivity index (χ0v) is 15.0. The van der Waals surface area contributed by atoms with Gasteiger partial charge in [0.05, 0.1) is 5.01 Å². The average Bonchev–Trinajstić information content (AvgIpc) is 3.05. The third-order valence-electron chi connectivity index (χ3n) is 3.09. The van der Waals surface area contributed by atoms with Crippen LogP contribution < -0.4 is 0 Å². The van der Waals surface area contributed by atoms with Crippen molar-refractivity contribution < 1.29 is 0 Å². The molecular weight excluding hydrogens is 359 g/mol. The second kappa shape index (κ2) is 6.58. The summed E-state index contributed by atoms with van der Waals surface area (Å²) in [5.41, 5.74) is 1.75. The minimum absolute atomic E-state index is 0.639. The molecule has 2 heterocycles. The third-order valence-corrected chi connectivity index (χ3v) is 5.62. The second-order valence-electron chi connectivity index (χ2n) is 4.61. The Morgan fingerprint density at radius 2 is 1.95 bits per heavy atom. The van der Waals surface area contributed by atoms with E-state index in [1.54, 1.807) is 23.1 Å². The van der Waals surface area contributed by atoms with E-state index in [1.165, 1.54) is 0 Å². The van der Waals surface area contributed by atoms with Crippen LogP contribution >= 0.6 is 46.3 Å². The number of thioether (sulfide) groups is 1. The molecule has 0 spiro atoms. The highest BCUT2D eigenvalue weighted by molar-refractivity contribution is 7.98. The fraction of sp³-hybridized carbons (Fsp3) is 0.214. The Hall–Kier alpha value is -1.08. The normalized spacial score (nSPS) is 11.1. The summed E-state index contributed by atoms with van der Waals surface area (Å²) in [6.07, 6.45) is 0. The molecule has 0 aliphatic rings. The Bertz CT molecular complexity index is 793. The quantitative estimate of drug-likeness (QED) is 0.615. The van der Waals surface area contributed by atoms with Gasteiger partial charge in [0, 0.05) is 28.2 Å². The molecule has 3 aromatic rings. The maximum atomic E-state index is 6.19. The van der Waals surface area contributed by atoms with Gasteiger partial charge in [0.15, 0.2) is 11.0 Å². The Morgan fingerprint density at radius 1 is 1.23 bits per heavy atom. The van der Waals surface area contributed by atoms with E-state index < -0.39 is 0 Å². The van der Waals surface area contributed by atoms with Gasteiger partial charge in [-0.15, -0.1) is 21.5 Å². The number of benzene rings is 1. The van der Waals surface area contributed by atoms with Gasteiger partial charge in [0.1, 0.15) is 5.69 Å². The van der Waals surface area contributed by atoms with Crippen LogP contribution in [0.5, 0.6) is 0 Å². The number of hydrogen-bond donors (Lipinski definition) is 0. The first-order valence-electron chi connectivity index (χ1n) is 6.44. The first-order valence-corrected chi connectivity index (χ1v) is 9.06. The SMILES string of the molecule is Cc1nc(-c2nnc(SCc3c(Cl)cccc3Cl)n2C)cs1. The molecule has 0 aliphatic heterocycles. The summed E-state index contributed by atoms with van der Waals surface area (Å²) in [6, 6.07) is 5.51. The summed E-state index contributed by atoms with van der Waals surface area (Å²) in [6.45, 7) is 1.97. The number of hydrogen-bond acceptors (Lipinski definition) is 5. The topological polar surface area (TPSA) is 43.6 Å². The van der Waals surface area contributed by atoms with E-state index in [0.717, 1.165) is 27.2 Å². The summed E-state index contributed by atoms with van der Waals surface area (Å²) >= 11 is 15.5. The van der Waals surface area contributed by atoms with Gasteiger partial charge in [-0.05, 0) is 24.6 Å². The summed E-state index contributed by atoms with van der Waals surface area (Å²) in [5, 5.41) is 13.6. The zero-order chi connectivity index (χ0) is 15.7. The summed E-state index contributed by atoms with van der Waals surface area (Å²) in [4.78, 5) is 4.45. The highest BCUT2D eigenvalue weighted by atomic mass is 35.5. The van der Waals surface area contributed by atoms with Crippen molar-refractivity contribution in [2.24, 2.45) is 7.05 Å².